The molecule has 0 saturated heterocycles. The quantitative estimate of drug-likeness (QED) is 0.751. The number of carbonyl (C=O) groups is 1. The molecule has 0 unspecified atom stereocenters. The lowest BCUT2D eigenvalue weighted by atomic mass is 10.0. The number of halogens is 4. The fraction of sp³-hybridized carbons (Fsp3) is 0.0714. The minimum Gasteiger partial charge on any atom is -0.294 e. The third-order valence-electron chi connectivity index (χ3n) is 2.61. The van der Waals surface area contributed by atoms with Gasteiger partial charge >= 0.3 is 0 Å². The number of rotatable bonds is 3. The number of carbonyl (C=O) groups excluding carboxylic acids is 1. The zero-order valence-electron chi connectivity index (χ0n) is 9.59. The summed E-state index contributed by atoms with van der Waals surface area (Å²) in [5, 5.41) is 0.0736. The Morgan fingerprint density at radius 1 is 1.05 bits per heavy atom. The van der Waals surface area contributed by atoms with Crippen molar-refractivity contribution in [2.75, 3.05) is 0 Å². The summed E-state index contributed by atoms with van der Waals surface area (Å²) in [5.74, 6) is -1.69. The Balaban J connectivity index is 2.31. The average Bonchev–Trinajstić information content (AvgIpc) is 2.37. The molecule has 0 spiro atoms. The first kappa shape index (κ1) is 14.0. The minimum atomic E-state index is -0.681. The Kier molecular flexibility index (Phi) is 4.17. The van der Waals surface area contributed by atoms with Crippen molar-refractivity contribution < 1.29 is 13.6 Å². The van der Waals surface area contributed by atoms with Gasteiger partial charge in [-0.05, 0) is 35.9 Å². The van der Waals surface area contributed by atoms with Gasteiger partial charge in [-0.3, -0.25) is 4.79 Å². The zero-order valence-corrected chi connectivity index (χ0v) is 11.1. The topological polar surface area (TPSA) is 17.1 Å². The molecule has 2 aromatic rings. The highest BCUT2D eigenvalue weighted by molar-refractivity contribution is 6.34. The molecular formula is C14H8Cl2F2O. The third kappa shape index (κ3) is 3.11. The molecule has 0 amide bonds. The SMILES string of the molecule is O=C(Cc1cc(Cl)ccc1F)c1cccc(F)c1Cl. The van der Waals surface area contributed by atoms with E-state index in [4.69, 9.17) is 23.2 Å². The van der Waals surface area contributed by atoms with Gasteiger partial charge in [0.25, 0.3) is 0 Å². The maximum Gasteiger partial charge on any atom is 0.168 e. The van der Waals surface area contributed by atoms with E-state index < -0.39 is 17.4 Å². The highest BCUT2D eigenvalue weighted by atomic mass is 35.5. The summed E-state index contributed by atoms with van der Waals surface area (Å²) < 4.78 is 26.7. The standard InChI is InChI=1S/C14H8Cl2F2O/c15-9-4-5-11(17)8(6-9)7-13(19)10-2-1-3-12(18)14(10)16/h1-6H,7H2. The second kappa shape index (κ2) is 5.68. The van der Waals surface area contributed by atoms with Gasteiger partial charge in [0.2, 0.25) is 0 Å². The summed E-state index contributed by atoms with van der Waals surface area (Å²) in [7, 11) is 0. The average molecular weight is 301 g/mol. The maximum absolute atomic E-state index is 13.5. The van der Waals surface area contributed by atoms with Gasteiger partial charge in [0, 0.05) is 17.0 Å². The van der Waals surface area contributed by atoms with E-state index in [1.165, 1.54) is 30.3 Å². The van der Waals surface area contributed by atoms with Crippen molar-refractivity contribution in [1.29, 1.82) is 0 Å². The summed E-state index contributed by atoms with van der Waals surface area (Å²) in [5.41, 5.74) is 0.180. The van der Waals surface area contributed by atoms with Crippen LogP contribution in [0.4, 0.5) is 8.78 Å². The molecule has 2 aromatic carbocycles. The lowest BCUT2D eigenvalue weighted by Gasteiger charge is -2.06. The Labute approximate surface area is 118 Å². The van der Waals surface area contributed by atoms with Crippen LogP contribution >= 0.6 is 23.2 Å². The van der Waals surface area contributed by atoms with E-state index in [2.05, 4.69) is 0 Å². The van der Waals surface area contributed by atoms with Crippen molar-refractivity contribution in [2.45, 2.75) is 6.42 Å². The number of hydrogen-bond donors (Lipinski definition) is 0. The Morgan fingerprint density at radius 2 is 1.79 bits per heavy atom. The Bertz CT molecular complexity index is 641. The van der Waals surface area contributed by atoms with Crippen molar-refractivity contribution in [3.63, 3.8) is 0 Å². The zero-order chi connectivity index (χ0) is 14.0. The first-order valence-corrected chi connectivity index (χ1v) is 6.16. The summed E-state index contributed by atoms with van der Waals surface area (Å²) in [4.78, 5) is 12.0. The second-order valence-electron chi connectivity index (χ2n) is 3.94. The lowest BCUT2D eigenvalue weighted by molar-refractivity contribution is 0.0991. The van der Waals surface area contributed by atoms with Crippen molar-refractivity contribution >= 4 is 29.0 Å². The van der Waals surface area contributed by atoms with Gasteiger partial charge in [-0.25, -0.2) is 8.78 Å². The van der Waals surface area contributed by atoms with Gasteiger partial charge in [-0.15, -0.1) is 0 Å². The van der Waals surface area contributed by atoms with E-state index in [0.717, 1.165) is 6.07 Å². The van der Waals surface area contributed by atoms with Crippen LogP contribution in [0.5, 0.6) is 0 Å². The molecule has 98 valence electrons. The number of Topliss-reactive ketones (excluding diaryl/α,β-unsaturated/α-hetero) is 1. The summed E-state index contributed by atoms with van der Waals surface area (Å²) in [6, 6.07) is 7.86. The molecule has 0 heterocycles. The molecule has 0 bridgehead atoms. The van der Waals surface area contributed by atoms with Gasteiger partial charge < -0.3 is 0 Å². The van der Waals surface area contributed by atoms with Crippen LogP contribution in [0.15, 0.2) is 36.4 Å². The number of benzene rings is 2. The molecule has 0 N–H and O–H groups in total. The van der Waals surface area contributed by atoms with Gasteiger partial charge in [0.1, 0.15) is 11.6 Å². The highest BCUT2D eigenvalue weighted by Gasteiger charge is 2.16. The van der Waals surface area contributed by atoms with Crippen LogP contribution < -0.4 is 0 Å². The minimum absolute atomic E-state index is 0.0287. The molecule has 5 heteroatoms. The Morgan fingerprint density at radius 3 is 2.53 bits per heavy atom. The predicted molar refractivity (Wildman–Crippen MR) is 70.9 cm³/mol. The number of hydrogen-bond acceptors (Lipinski definition) is 1. The van der Waals surface area contributed by atoms with Crippen LogP contribution in [0.1, 0.15) is 15.9 Å². The Hall–Kier alpha value is -1.45. The van der Waals surface area contributed by atoms with Crippen LogP contribution in [0.25, 0.3) is 0 Å². The van der Waals surface area contributed by atoms with Gasteiger partial charge in [-0.2, -0.15) is 0 Å². The summed E-state index contributed by atoms with van der Waals surface area (Å²) in [6.45, 7) is 0. The van der Waals surface area contributed by atoms with E-state index in [9.17, 15) is 13.6 Å². The van der Waals surface area contributed by atoms with Crippen LogP contribution in [-0.4, -0.2) is 5.78 Å². The monoisotopic (exact) mass is 300 g/mol. The summed E-state index contributed by atoms with van der Waals surface area (Å²) >= 11 is 11.4. The molecule has 0 aliphatic rings. The summed E-state index contributed by atoms with van der Waals surface area (Å²) in [6.07, 6.45) is -0.227. The van der Waals surface area contributed by atoms with E-state index in [1.807, 2.05) is 0 Å². The largest absolute Gasteiger partial charge is 0.294 e. The van der Waals surface area contributed by atoms with Gasteiger partial charge in [-0.1, -0.05) is 29.3 Å². The van der Waals surface area contributed by atoms with E-state index in [0.29, 0.717) is 5.02 Å². The van der Waals surface area contributed by atoms with Crippen LogP contribution in [0, 0.1) is 11.6 Å². The van der Waals surface area contributed by atoms with E-state index in [1.54, 1.807) is 0 Å². The third-order valence-corrected chi connectivity index (χ3v) is 3.23. The smallest absolute Gasteiger partial charge is 0.168 e. The second-order valence-corrected chi connectivity index (χ2v) is 4.75. The molecule has 0 radical (unpaired) electrons. The molecule has 0 saturated carbocycles. The molecule has 0 atom stereocenters. The molecular weight excluding hydrogens is 293 g/mol. The van der Waals surface area contributed by atoms with Crippen molar-refractivity contribution in [3.8, 4) is 0 Å². The van der Waals surface area contributed by atoms with Crippen molar-refractivity contribution in [3.05, 3.63) is 69.2 Å². The number of ketones is 1. The van der Waals surface area contributed by atoms with E-state index in [-0.39, 0.29) is 22.6 Å². The van der Waals surface area contributed by atoms with E-state index >= 15 is 0 Å². The van der Waals surface area contributed by atoms with Gasteiger partial charge in [0.15, 0.2) is 5.78 Å². The van der Waals surface area contributed by atoms with Crippen LogP contribution in [0.2, 0.25) is 10.0 Å². The van der Waals surface area contributed by atoms with Gasteiger partial charge in [0.05, 0.1) is 5.02 Å². The molecule has 0 aromatic heterocycles. The predicted octanol–water partition coefficient (Wildman–Crippen LogP) is 4.70. The molecule has 1 nitrogen and oxygen atoms in total. The molecule has 0 fully saturated rings. The lowest BCUT2D eigenvalue weighted by Crippen LogP contribution is -2.06. The van der Waals surface area contributed by atoms with Crippen LogP contribution in [0.3, 0.4) is 0 Å². The van der Waals surface area contributed by atoms with Crippen molar-refractivity contribution in [2.24, 2.45) is 0 Å². The normalized spacial score (nSPS) is 10.5. The fourth-order valence-electron chi connectivity index (χ4n) is 1.67. The fourth-order valence-corrected chi connectivity index (χ4v) is 2.09. The molecule has 0 aliphatic heterocycles. The first-order valence-electron chi connectivity index (χ1n) is 5.40. The highest BCUT2D eigenvalue weighted by Crippen LogP contribution is 2.23. The first-order chi connectivity index (χ1) is 8.99. The van der Waals surface area contributed by atoms with Crippen LogP contribution in [-0.2, 0) is 6.42 Å². The molecule has 2 rings (SSSR count). The van der Waals surface area contributed by atoms with Crippen molar-refractivity contribution in [1.82, 2.24) is 0 Å². The maximum atomic E-state index is 13.5. The molecule has 19 heavy (non-hydrogen) atoms. The molecule has 0 aliphatic carbocycles.